The van der Waals surface area contributed by atoms with Gasteiger partial charge in [-0.1, -0.05) is 63.6 Å². The average Bonchev–Trinajstić information content (AvgIpc) is 2.95. The molecule has 2 aliphatic carbocycles. The van der Waals surface area contributed by atoms with Crippen molar-refractivity contribution in [2.45, 2.75) is 39.3 Å². The third kappa shape index (κ3) is 8.14. The summed E-state index contributed by atoms with van der Waals surface area (Å²) in [5.41, 5.74) is 1.67. The molecule has 0 aliphatic heterocycles. The highest BCUT2D eigenvalue weighted by Crippen LogP contribution is 2.23. The number of hydrogen-bond acceptors (Lipinski definition) is 5. The molecule has 0 spiro atoms. The van der Waals surface area contributed by atoms with Crippen LogP contribution in [0.25, 0.3) is 0 Å². The number of rotatable bonds is 2. The first-order valence-corrected chi connectivity index (χ1v) is 14.9. The van der Waals surface area contributed by atoms with Gasteiger partial charge in [0, 0.05) is 23.5 Å². The van der Waals surface area contributed by atoms with Gasteiger partial charge in [0.2, 0.25) is 0 Å². The molecule has 2 N–H and O–H groups in total. The monoisotopic (exact) mass is 361 g/mol. The van der Waals surface area contributed by atoms with Gasteiger partial charge in [-0.2, -0.15) is 0 Å². The molecule has 1 heterocycles. The first-order chi connectivity index (χ1) is 11.0. The average molecular weight is 362 g/mol. The number of fused-ring (bicyclic) bond motifs is 2. The fourth-order valence-electron chi connectivity index (χ4n) is 2.36. The standard InChI is InChI=1S/C7H4O.C6H19NSi2.C4H4N2O/c8-7-5-1-2-6(7)4-3-5;1-8(2,3)7-9(4,5)6;7-4-5-2-1-3-6-4/h1-4H;7H,1-6H3;1-3H,(H,5,6,7). The molecule has 0 radical (unpaired) electrons. The van der Waals surface area contributed by atoms with Crippen molar-refractivity contribution in [3.05, 3.63) is 53.9 Å². The van der Waals surface area contributed by atoms with Gasteiger partial charge in [-0.25, -0.2) is 9.97 Å². The molecular weight excluding hydrogens is 334 g/mol. The van der Waals surface area contributed by atoms with E-state index in [1.165, 1.54) is 12.4 Å². The minimum atomic E-state index is -0.981. The summed E-state index contributed by atoms with van der Waals surface area (Å²) in [6.45, 7) is 14.1. The first-order valence-electron chi connectivity index (χ1n) is 7.88. The predicted molar refractivity (Wildman–Crippen MR) is 104 cm³/mol. The number of carbonyl (C=O) groups is 1. The molecule has 0 saturated carbocycles. The highest BCUT2D eigenvalue weighted by molar-refractivity contribution is 6.90. The number of nitrogens with one attached hydrogen (secondary N) is 1. The Morgan fingerprint density at radius 3 is 1.42 bits per heavy atom. The molecular formula is C17H27N3O2Si2. The second-order valence-corrected chi connectivity index (χ2v) is 17.6. The van der Waals surface area contributed by atoms with Gasteiger partial charge in [0.1, 0.15) is 16.5 Å². The van der Waals surface area contributed by atoms with E-state index in [-0.39, 0.29) is 11.8 Å². The molecule has 3 rings (SSSR count). The number of nitrogens with zero attached hydrogens (tertiary/aromatic N) is 2. The maximum atomic E-state index is 10.8. The van der Waals surface area contributed by atoms with Gasteiger partial charge >= 0.3 is 6.01 Å². The molecule has 0 saturated heterocycles. The summed E-state index contributed by atoms with van der Waals surface area (Å²) in [6, 6.07) is 1.46. The molecule has 5 nitrogen and oxygen atoms in total. The van der Waals surface area contributed by atoms with Crippen LogP contribution in [0.4, 0.5) is 0 Å². The van der Waals surface area contributed by atoms with Gasteiger partial charge in [-0.3, -0.25) is 4.79 Å². The topological polar surface area (TPSA) is 75.1 Å². The zero-order valence-electron chi connectivity index (χ0n) is 15.3. The lowest BCUT2D eigenvalue weighted by Crippen LogP contribution is -2.55. The zero-order valence-corrected chi connectivity index (χ0v) is 17.3. The molecule has 2 bridgehead atoms. The fraction of sp³-hybridized carbons (Fsp3) is 0.353. The van der Waals surface area contributed by atoms with Crippen LogP contribution < -0.4 is 4.65 Å². The van der Waals surface area contributed by atoms with E-state index >= 15 is 0 Å². The van der Waals surface area contributed by atoms with Crippen molar-refractivity contribution in [3.63, 3.8) is 0 Å². The molecule has 1 aromatic heterocycles. The number of ketones is 1. The Hall–Kier alpha value is -1.84. The van der Waals surface area contributed by atoms with Gasteiger partial charge in [0.15, 0.2) is 5.78 Å². The third-order valence-electron chi connectivity index (χ3n) is 2.71. The van der Waals surface area contributed by atoms with Crippen molar-refractivity contribution >= 4 is 22.3 Å². The molecule has 24 heavy (non-hydrogen) atoms. The van der Waals surface area contributed by atoms with Gasteiger partial charge < -0.3 is 9.75 Å². The van der Waals surface area contributed by atoms with E-state index in [1.807, 2.05) is 24.3 Å². The molecule has 0 atom stereocenters. The Morgan fingerprint density at radius 1 is 0.875 bits per heavy atom. The van der Waals surface area contributed by atoms with Crippen LogP contribution in [0.15, 0.2) is 53.9 Å². The summed E-state index contributed by atoms with van der Waals surface area (Å²) < 4.78 is 3.74. The highest BCUT2D eigenvalue weighted by Gasteiger charge is 2.22. The van der Waals surface area contributed by atoms with Gasteiger partial charge in [0.05, 0.1) is 0 Å². The summed E-state index contributed by atoms with van der Waals surface area (Å²) in [4.78, 5) is 17.6. The van der Waals surface area contributed by atoms with Crippen molar-refractivity contribution in [3.8, 4) is 6.01 Å². The second kappa shape index (κ2) is 8.32. The minimum Gasteiger partial charge on any atom is -0.479 e. The van der Waals surface area contributed by atoms with Crippen molar-refractivity contribution < 1.29 is 9.90 Å². The van der Waals surface area contributed by atoms with Gasteiger partial charge in [-0.05, 0) is 6.07 Å². The predicted octanol–water partition coefficient (Wildman–Crippen LogP) is 3.42. The maximum absolute atomic E-state index is 10.8. The molecule has 0 unspecified atom stereocenters. The molecule has 0 amide bonds. The molecule has 0 aromatic carbocycles. The van der Waals surface area contributed by atoms with Crippen LogP contribution in [-0.2, 0) is 4.79 Å². The van der Waals surface area contributed by atoms with E-state index in [2.05, 4.69) is 53.9 Å². The molecule has 130 valence electrons. The van der Waals surface area contributed by atoms with Crippen LogP contribution in [0.2, 0.25) is 39.3 Å². The third-order valence-corrected chi connectivity index (χ3v) is 8.71. The minimum absolute atomic E-state index is 0.178. The second-order valence-electron chi connectivity index (χ2n) is 7.58. The smallest absolute Gasteiger partial charge is 0.313 e. The Morgan fingerprint density at radius 2 is 1.29 bits per heavy atom. The number of aromatic hydroxyl groups is 1. The van der Waals surface area contributed by atoms with Crippen LogP contribution in [0, 0.1) is 0 Å². The molecule has 0 fully saturated rings. The Kier molecular flexibility index (Phi) is 7.00. The van der Waals surface area contributed by atoms with E-state index in [0.717, 1.165) is 11.1 Å². The highest BCUT2D eigenvalue weighted by atomic mass is 28.4. The van der Waals surface area contributed by atoms with Crippen molar-refractivity contribution in [2.24, 2.45) is 0 Å². The number of allylic oxidation sites excluding steroid dienone is 6. The van der Waals surface area contributed by atoms with Crippen LogP contribution in [-0.4, -0.2) is 37.3 Å². The largest absolute Gasteiger partial charge is 0.479 e. The first kappa shape index (κ1) is 20.2. The van der Waals surface area contributed by atoms with Crippen LogP contribution in [0.5, 0.6) is 6.01 Å². The van der Waals surface area contributed by atoms with Crippen molar-refractivity contribution in [2.75, 3.05) is 0 Å². The Balaban J connectivity index is 0.000000181. The number of aromatic nitrogens is 2. The normalized spacial score (nSPS) is 15.0. The van der Waals surface area contributed by atoms with Crippen molar-refractivity contribution in [1.29, 1.82) is 0 Å². The SMILES string of the molecule is C[Si](C)(C)N[Si](C)(C)C.O=C1C2=CC=C1C=C2.Oc1ncccn1. The molecule has 7 heteroatoms. The van der Waals surface area contributed by atoms with Crippen molar-refractivity contribution in [1.82, 2.24) is 14.6 Å². The maximum Gasteiger partial charge on any atom is 0.313 e. The van der Waals surface area contributed by atoms with Crippen LogP contribution >= 0.6 is 0 Å². The molecule has 2 aliphatic rings. The van der Waals surface area contributed by atoms with E-state index in [9.17, 15) is 4.79 Å². The lowest BCUT2D eigenvalue weighted by molar-refractivity contribution is -0.111. The Labute approximate surface area is 146 Å². The summed E-state index contributed by atoms with van der Waals surface area (Å²) in [6.07, 6.45) is 10.3. The summed E-state index contributed by atoms with van der Waals surface area (Å²) in [7, 11) is -1.96. The number of hydrogen-bond donors (Lipinski definition) is 2. The fourth-order valence-corrected chi connectivity index (χ4v) is 11.4. The van der Waals surface area contributed by atoms with E-state index in [1.54, 1.807) is 6.07 Å². The summed E-state index contributed by atoms with van der Waals surface area (Å²) in [5, 5.41) is 8.41. The van der Waals surface area contributed by atoms with Crippen LogP contribution in [0.3, 0.4) is 0 Å². The lowest BCUT2D eigenvalue weighted by Gasteiger charge is -2.28. The summed E-state index contributed by atoms with van der Waals surface area (Å²) in [5.74, 6) is 0.185. The summed E-state index contributed by atoms with van der Waals surface area (Å²) >= 11 is 0. The van der Waals surface area contributed by atoms with Gasteiger partial charge in [0.25, 0.3) is 0 Å². The zero-order chi connectivity index (χ0) is 18.4. The Bertz CT molecular complexity index is 619. The van der Waals surface area contributed by atoms with Gasteiger partial charge in [-0.15, -0.1) is 0 Å². The quantitative estimate of drug-likeness (QED) is 0.790. The lowest BCUT2D eigenvalue weighted by atomic mass is 10.2. The van der Waals surface area contributed by atoms with E-state index in [4.69, 9.17) is 5.11 Å². The number of Topliss-reactive ketones (excluding diaryl/α,β-unsaturated/α-hetero) is 1. The van der Waals surface area contributed by atoms with Crippen LogP contribution in [0.1, 0.15) is 0 Å². The number of carbonyl (C=O) groups excluding carboxylic acids is 1. The van der Waals surface area contributed by atoms with E-state index in [0.29, 0.717) is 0 Å². The molecule has 1 aromatic rings. The van der Waals surface area contributed by atoms with E-state index < -0.39 is 16.5 Å².